The van der Waals surface area contributed by atoms with Crippen LogP contribution in [0.25, 0.3) is 0 Å². The van der Waals surface area contributed by atoms with Crippen molar-refractivity contribution in [3.63, 3.8) is 0 Å². The molecule has 114 valence electrons. The van der Waals surface area contributed by atoms with Gasteiger partial charge < -0.3 is 15.4 Å². The average molecular weight is 301 g/mol. The van der Waals surface area contributed by atoms with E-state index in [0.717, 1.165) is 5.56 Å². The van der Waals surface area contributed by atoms with E-state index in [2.05, 4.69) is 4.72 Å². The van der Waals surface area contributed by atoms with Gasteiger partial charge in [0.05, 0.1) is 7.11 Å². The van der Waals surface area contributed by atoms with Crippen LogP contribution in [0.4, 0.5) is 0 Å². The minimum Gasteiger partial charge on any atom is -0.495 e. The van der Waals surface area contributed by atoms with Crippen LogP contribution in [-0.2, 0) is 16.6 Å². The third-order valence-electron chi connectivity index (χ3n) is 2.75. The topological polar surface area (TPSA) is 84.7 Å². The third-order valence-corrected chi connectivity index (χ3v) is 4.36. The molecule has 0 spiro atoms. The van der Waals surface area contributed by atoms with Gasteiger partial charge in [-0.1, -0.05) is 6.07 Å². The maximum atomic E-state index is 12.4. The molecule has 0 amide bonds. The molecular formula is C13H23N3O3S. The third kappa shape index (κ3) is 4.45. The van der Waals surface area contributed by atoms with Crippen LogP contribution in [0.1, 0.15) is 12.5 Å². The van der Waals surface area contributed by atoms with Gasteiger partial charge in [-0.25, -0.2) is 13.1 Å². The van der Waals surface area contributed by atoms with Gasteiger partial charge in [0.15, 0.2) is 0 Å². The van der Waals surface area contributed by atoms with Crippen LogP contribution in [-0.4, -0.2) is 47.1 Å². The average Bonchev–Trinajstić information content (AvgIpc) is 2.36. The zero-order valence-electron chi connectivity index (χ0n) is 12.4. The van der Waals surface area contributed by atoms with Gasteiger partial charge >= 0.3 is 0 Å². The Hall–Kier alpha value is -1.15. The van der Waals surface area contributed by atoms with E-state index in [-0.39, 0.29) is 17.5 Å². The number of ether oxygens (including phenoxy) is 1. The molecule has 0 saturated carbocycles. The lowest BCUT2D eigenvalue weighted by molar-refractivity contribution is 0.369. The predicted molar refractivity (Wildman–Crippen MR) is 79.2 cm³/mol. The highest BCUT2D eigenvalue weighted by molar-refractivity contribution is 7.89. The van der Waals surface area contributed by atoms with E-state index in [1.165, 1.54) is 7.11 Å². The molecule has 0 aliphatic carbocycles. The van der Waals surface area contributed by atoms with Crippen molar-refractivity contribution >= 4 is 10.0 Å². The molecule has 1 aromatic rings. The summed E-state index contributed by atoms with van der Waals surface area (Å²) in [5.74, 6) is 0.312. The maximum Gasteiger partial charge on any atom is 0.244 e. The molecule has 6 nitrogen and oxygen atoms in total. The molecule has 1 atom stereocenters. The van der Waals surface area contributed by atoms with Gasteiger partial charge in [0.25, 0.3) is 0 Å². The van der Waals surface area contributed by atoms with Gasteiger partial charge in [0.2, 0.25) is 10.0 Å². The van der Waals surface area contributed by atoms with Crippen molar-refractivity contribution in [3.05, 3.63) is 23.8 Å². The zero-order valence-corrected chi connectivity index (χ0v) is 13.2. The van der Waals surface area contributed by atoms with Crippen molar-refractivity contribution in [1.29, 1.82) is 0 Å². The van der Waals surface area contributed by atoms with Crippen molar-refractivity contribution in [2.24, 2.45) is 5.73 Å². The van der Waals surface area contributed by atoms with Crippen molar-refractivity contribution in [1.82, 2.24) is 9.62 Å². The first-order chi connectivity index (χ1) is 9.30. The summed E-state index contributed by atoms with van der Waals surface area (Å²) >= 11 is 0. The number of nitrogens with zero attached hydrogens (tertiary/aromatic N) is 1. The van der Waals surface area contributed by atoms with E-state index in [1.807, 2.05) is 25.9 Å². The second kappa shape index (κ2) is 7.03. The molecule has 0 aliphatic heterocycles. The largest absolute Gasteiger partial charge is 0.495 e. The molecule has 0 radical (unpaired) electrons. The van der Waals surface area contributed by atoms with E-state index < -0.39 is 10.0 Å². The summed E-state index contributed by atoms with van der Waals surface area (Å²) in [5, 5.41) is 0. The standard InChI is InChI=1S/C13H23N3O3S/c1-10(9-16(2)3)15-20(17,18)13-7-11(8-14)5-6-12(13)19-4/h5-7,10,15H,8-9,14H2,1-4H3. The molecule has 0 aromatic heterocycles. The number of methoxy groups -OCH3 is 1. The second-order valence-electron chi connectivity index (χ2n) is 4.97. The fraction of sp³-hybridized carbons (Fsp3) is 0.538. The first kappa shape index (κ1) is 16.9. The Labute approximate surface area is 121 Å². The summed E-state index contributed by atoms with van der Waals surface area (Å²) in [6, 6.07) is 4.71. The van der Waals surface area contributed by atoms with E-state index >= 15 is 0 Å². The van der Waals surface area contributed by atoms with Crippen LogP contribution in [0.15, 0.2) is 23.1 Å². The number of likely N-dealkylation sites (N-methyl/N-ethyl adjacent to an activating group) is 1. The first-order valence-electron chi connectivity index (χ1n) is 6.34. The highest BCUT2D eigenvalue weighted by Crippen LogP contribution is 2.24. The predicted octanol–water partition coefficient (Wildman–Crippen LogP) is 0.382. The summed E-state index contributed by atoms with van der Waals surface area (Å²) in [6.07, 6.45) is 0. The molecule has 3 N–H and O–H groups in total. The first-order valence-corrected chi connectivity index (χ1v) is 7.82. The lowest BCUT2D eigenvalue weighted by atomic mass is 10.2. The smallest absolute Gasteiger partial charge is 0.244 e. The van der Waals surface area contributed by atoms with Gasteiger partial charge in [0.1, 0.15) is 10.6 Å². The molecule has 0 saturated heterocycles. The summed E-state index contributed by atoms with van der Waals surface area (Å²) in [4.78, 5) is 2.04. The summed E-state index contributed by atoms with van der Waals surface area (Å²) in [5.41, 5.74) is 6.30. The van der Waals surface area contributed by atoms with Crippen molar-refractivity contribution in [2.45, 2.75) is 24.4 Å². The minimum absolute atomic E-state index is 0.119. The zero-order chi connectivity index (χ0) is 15.3. The summed E-state index contributed by atoms with van der Waals surface area (Å²) < 4.78 is 32.6. The fourth-order valence-electron chi connectivity index (χ4n) is 1.97. The molecule has 0 aliphatic rings. The van der Waals surface area contributed by atoms with E-state index in [0.29, 0.717) is 12.3 Å². The van der Waals surface area contributed by atoms with Gasteiger partial charge in [-0.2, -0.15) is 0 Å². The van der Waals surface area contributed by atoms with E-state index in [9.17, 15) is 8.42 Å². The molecule has 0 heterocycles. The van der Waals surface area contributed by atoms with Gasteiger partial charge in [-0.05, 0) is 38.7 Å². The number of rotatable bonds is 7. The Kier molecular flexibility index (Phi) is 5.94. The molecule has 0 fully saturated rings. The van der Waals surface area contributed by atoms with Crippen LogP contribution in [0, 0.1) is 0 Å². The van der Waals surface area contributed by atoms with Crippen molar-refractivity contribution in [3.8, 4) is 5.75 Å². The lowest BCUT2D eigenvalue weighted by Crippen LogP contribution is -2.39. The Morgan fingerprint density at radius 2 is 2.05 bits per heavy atom. The highest BCUT2D eigenvalue weighted by atomic mass is 32.2. The van der Waals surface area contributed by atoms with Crippen LogP contribution >= 0.6 is 0 Å². The normalized spacial score (nSPS) is 13.5. The molecule has 1 aromatic carbocycles. The number of sulfonamides is 1. The Morgan fingerprint density at radius 3 is 2.55 bits per heavy atom. The van der Waals surface area contributed by atoms with Gasteiger partial charge in [0, 0.05) is 19.1 Å². The summed E-state index contributed by atoms with van der Waals surface area (Å²) in [7, 11) is 1.59. The number of benzene rings is 1. The van der Waals surface area contributed by atoms with Gasteiger partial charge in [-0.3, -0.25) is 0 Å². The van der Waals surface area contributed by atoms with Crippen molar-refractivity contribution < 1.29 is 13.2 Å². The fourth-order valence-corrected chi connectivity index (χ4v) is 3.43. The Morgan fingerprint density at radius 1 is 1.40 bits per heavy atom. The molecule has 7 heteroatoms. The minimum atomic E-state index is -3.64. The number of hydrogen-bond donors (Lipinski definition) is 2. The second-order valence-corrected chi connectivity index (χ2v) is 6.66. The molecule has 1 rings (SSSR count). The van der Waals surface area contributed by atoms with Crippen LogP contribution in [0.2, 0.25) is 0 Å². The molecule has 0 bridgehead atoms. The molecule has 20 heavy (non-hydrogen) atoms. The van der Waals surface area contributed by atoms with Gasteiger partial charge in [-0.15, -0.1) is 0 Å². The van der Waals surface area contributed by atoms with E-state index in [1.54, 1.807) is 18.2 Å². The summed E-state index contributed by atoms with van der Waals surface area (Å²) in [6.45, 7) is 2.70. The van der Waals surface area contributed by atoms with Crippen LogP contribution < -0.4 is 15.2 Å². The molecule has 1 unspecified atom stereocenters. The molecular weight excluding hydrogens is 278 g/mol. The van der Waals surface area contributed by atoms with Crippen molar-refractivity contribution in [2.75, 3.05) is 27.7 Å². The lowest BCUT2D eigenvalue weighted by Gasteiger charge is -2.19. The monoisotopic (exact) mass is 301 g/mol. The van der Waals surface area contributed by atoms with E-state index in [4.69, 9.17) is 10.5 Å². The number of nitrogens with one attached hydrogen (secondary N) is 1. The Bertz CT molecular complexity index is 544. The van der Waals surface area contributed by atoms with Crippen LogP contribution in [0.3, 0.4) is 0 Å². The SMILES string of the molecule is COc1ccc(CN)cc1S(=O)(=O)NC(C)CN(C)C. The number of hydrogen-bond acceptors (Lipinski definition) is 5. The Balaban J connectivity index is 3.07. The van der Waals surface area contributed by atoms with Crippen LogP contribution in [0.5, 0.6) is 5.75 Å². The number of nitrogens with two attached hydrogens (primary N) is 1. The highest BCUT2D eigenvalue weighted by Gasteiger charge is 2.22. The quantitative estimate of drug-likeness (QED) is 0.761. The maximum absolute atomic E-state index is 12.4.